The van der Waals surface area contributed by atoms with E-state index in [1.807, 2.05) is 0 Å². The van der Waals surface area contributed by atoms with E-state index < -0.39 is 12.2 Å². The van der Waals surface area contributed by atoms with E-state index in [0.29, 0.717) is 9.92 Å². The average molecular weight is 369 g/mol. The maximum absolute atomic E-state index is 12.6. The molecular formula is C19H13ClN2O4. The Morgan fingerprint density at radius 1 is 0.808 bits per heavy atom. The molecule has 130 valence electrons. The van der Waals surface area contributed by atoms with Crippen LogP contribution < -0.4 is 14.4 Å². The molecule has 1 heterocycles. The highest BCUT2D eigenvalue weighted by Gasteiger charge is 2.29. The number of hydrogen-bond acceptors (Lipinski definition) is 5. The molecule has 3 rings (SSSR count). The van der Waals surface area contributed by atoms with Gasteiger partial charge in [0.05, 0.1) is 0 Å². The molecule has 1 aromatic heterocycles. The number of rotatable bonds is 3. The molecule has 0 spiro atoms. The van der Waals surface area contributed by atoms with Crippen molar-refractivity contribution in [2.45, 2.75) is 0 Å². The predicted octanol–water partition coefficient (Wildman–Crippen LogP) is 4.94. The van der Waals surface area contributed by atoms with Crippen molar-refractivity contribution >= 4 is 29.6 Å². The van der Waals surface area contributed by atoms with E-state index >= 15 is 0 Å². The molecule has 0 aliphatic rings. The Hall–Kier alpha value is -3.38. The van der Waals surface area contributed by atoms with E-state index in [9.17, 15) is 9.59 Å². The van der Waals surface area contributed by atoms with Crippen LogP contribution in [-0.2, 0) is 0 Å². The lowest BCUT2D eigenvalue weighted by Gasteiger charge is -2.19. The normalized spacial score (nSPS) is 10.0. The molecule has 0 saturated carbocycles. The molecule has 6 nitrogen and oxygen atoms in total. The van der Waals surface area contributed by atoms with Crippen molar-refractivity contribution in [1.82, 2.24) is 4.98 Å². The molecule has 2 amide bonds. The number of aromatic nitrogens is 1. The maximum atomic E-state index is 12.6. The van der Waals surface area contributed by atoms with Crippen LogP contribution in [0, 0.1) is 0 Å². The molecule has 3 aromatic rings. The molecule has 0 unspecified atom stereocenters. The van der Waals surface area contributed by atoms with Crippen molar-refractivity contribution in [2.75, 3.05) is 4.90 Å². The number of para-hydroxylation sites is 2. The SMILES string of the molecule is O=C(Oc1ccccc1)N(C(=O)Oc1ccccc1)c1cc(Cl)ccn1. The van der Waals surface area contributed by atoms with E-state index in [-0.39, 0.29) is 17.3 Å². The highest BCUT2D eigenvalue weighted by Crippen LogP contribution is 2.21. The highest BCUT2D eigenvalue weighted by atomic mass is 35.5. The zero-order chi connectivity index (χ0) is 18.4. The van der Waals surface area contributed by atoms with E-state index in [1.54, 1.807) is 60.7 Å². The van der Waals surface area contributed by atoms with Crippen molar-refractivity contribution < 1.29 is 19.1 Å². The van der Waals surface area contributed by atoms with Crippen LogP contribution in [0.4, 0.5) is 15.4 Å². The molecule has 0 aliphatic carbocycles. The third kappa shape index (κ3) is 4.37. The molecule has 0 saturated heterocycles. The van der Waals surface area contributed by atoms with Crippen LogP contribution in [0.5, 0.6) is 11.5 Å². The first-order chi connectivity index (χ1) is 12.6. The molecule has 2 aromatic carbocycles. The summed E-state index contributed by atoms with van der Waals surface area (Å²) >= 11 is 5.95. The first kappa shape index (κ1) is 17.4. The van der Waals surface area contributed by atoms with Crippen LogP contribution in [-0.4, -0.2) is 17.2 Å². The quantitative estimate of drug-likeness (QED) is 0.655. The van der Waals surface area contributed by atoms with Gasteiger partial charge in [-0.1, -0.05) is 48.0 Å². The Morgan fingerprint density at radius 3 is 1.77 bits per heavy atom. The van der Waals surface area contributed by atoms with Crippen molar-refractivity contribution in [2.24, 2.45) is 0 Å². The zero-order valence-electron chi connectivity index (χ0n) is 13.4. The number of ether oxygens (including phenoxy) is 2. The monoisotopic (exact) mass is 368 g/mol. The van der Waals surface area contributed by atoms with Crippen LogP contribution >= 0.6 is 11.6 Å². The van der Waals surface area contributed by atoms with Gasteiger partial charge in [0.25, 0.3) is 0 Å². The fourth-order valence-corrected chi connectivity index (χ4v) is 2.20. The second-order valence-electron chi connectivity index (χ2n) is 5.03. The van der Waals surface area contributed by atoms with Crippen molar-refractivity contribution in [3.8, 4) is 11.5 Å². The van der Waals surface area contributed by atoms with Crippen molar-refractivity contribution in [3.63, 3.8) is 0 Å². The number of pyridine rings is 1. The number of benzene rings is 2. The fraction of sp³-hybridized carbons (Fsp3) is 0. The van der Waals surface area contributed by atoms with E-state index in [1.165, 1.54) is 18.3 Å². The second kappa shape index (κ2) is 8.13. The van der Waals surface area contributed by atoms with Crippen LogP contribution in [0.3, 0.4) is 0 Å². The number of amides is 2. The minimum atomic E-state index is -0.966. The van der Waals surface area contributed by atoms with Gasteiger partial charge in [0, 0.05) is 17.3 Å². The van der Waals surface area contributed by atoms with Gasteiger partial charge in [0.15, 0.2) is 0 Å². The summed E-state index contributed by atoms with van der Waals surface area (Å²) in [5, 5.41) is 0.306. The lowest BCUT2D eigenvalue weighted by Crippen LogP contribution is -2.41. The lowest BCUT2D eigenvalue weighted by atomic mass is 10.3. The summed E-state index contributed by atoms with van der Waals surface area (Å²) < 4.78 is 10.5. The Labute approximate surface area is 154 Å². The van der Waals surface area contributed by atoms with Crippen LogP contribution in [0.25, 0.3) is 0 Å². The van der Waals surface area contributed by atoms with E-state index in [0.717, 1.165) is 0 Å². The highest BCUT2D eigenvalue weighted by molar-refractivity contribution is 6.31. The summed E-state index contributed by atoms with van der Waals surface area (Å²) in [5.74, 6) is 0.536. The van der Waals surface area contributed by atoms with Gasteiger partial charge in [-0.25, -0.2) is 14.6 Å². The summed E-state index contributed by atoms with van der Waals surface area (Å²) in [7, 11) is 0. The standard InChI is InChI=1S/C19H13ClN2O4/c20-14-11-12-21-17(13-14)22(18(23)25-15-7-3-1-4-8-15)19(24)26-16-9-5-2-6-10-16/h1-13H. The largest absolute Gasteiger partial charge is 0.430 e. The number of carbonyl (C=O) groups is 2. The van der Waals surface area contributed by atoms with E-state index in [2.05, 4.69) is 4.98 Å². The molecule has 7 heteroatoms. The third-order valence-electron chi connectivity index (χ3n) is 3.20. The number of imide groups is 1. The number of nitrogens with zero attached hydrogens (tertiary/aromatic N) is 2. The van der Waals surface area contributed by atoms with Gasteiger partial charge in [-0.15, -0.1) is 0 Å². The molecule has 0 aliphatic heterocycles. The van der Waals surface area contributed by atoms with Gasteiger partial charge >= 0.3 is 12.2 Å². The molecule has 0 fully saturated rings. The number of carbonyl (C=O) groups excluding carboxylic acids is 2. The van der Waals surface area contributed by atoms with Gasteiger partial charge in [-0.2, -0.15) is 4.90 Å². The van der Waals surface area contributed by atoms with Crippen LogP contribution in [0.15, 0.2) is 79.0 Å². The summed E-state index contributed by atoms with van der Waals surface area (Å²) in [6.45, 7) is 0. The Balaban J connectivity index is 1.88. The summed E-state index contributed by atoms with van der Waals surface area (Å²) in [4.78, 5) is 29.8. The van der Waals surface area contributed by atoms with Crippen LogP contribution in [0.1, 0.15) is 0 Å². The Bertz CT molecular complexity index is 850. The lowest BCUT2D eigenvalue weighted by molar-refractivity contribution is 0.190. The Kier molecular flexibility index (Phi) is 5.46. The molecule has 0 bridgehead atoms. The number of halogens is 1. The smallest absolute Gasteiger partial charge is 0.410 e. The van der Waals surface area contributed by atoms with Crippen molar-refractivity contribution in [1.29, 1.82) is 0 Å². The first-order valence-electron chi connectivity index (χ1n) is 7.59. The topological polar surface area (TPSA) is 68.7 Å². The molecule has 26 heavy (non-hydrogen) atoms. The molecular weight excluding hydrogens is 356 g/mol. The van der Waals surface area contributed by atoms with E-state index in [4.69, 9.17) is 21.1 Å². The molecule has 0 radical (unpaired) electrons. The number of anilines is 1. The van der Waals surface area contributed by atoms with Crippen molar-refractivity contribution in [3.05, 3.63) is 84.0 Å². The minimum absolute atomic E-state index is 0.0145. The van der Waals surface area contributed by atoms with Gasteiger partial charge in [0.2, 0.25) is 0 Å². The summed E-state index contributed by atoms with van der Waals surface area (Å²) in [5.41, 5.74) is 0. The fourth-order valence-electron chi connectivity index (χ4n) is 2.05. The summed E-state index contributed by atoms with van der Waals surface area (Å²) in [6, 6.07) is 19.6. The Morgan fingerprint density at radius 2 is 1.31 bits per heavy atom. The maximum Gasteiger partial charge on any atom is 0.430 e. The minimum Gasteiger partial charge on any atom is -0.410 e. The third-order valence-corrected chi connectivity index (χ3v) is 3.43. The van der Waals surface area contributed by atoms with Gasteiger partial charge in [0.1, 0.15) is 17.3 Å². The van der Waals surface area contributed by atoms with Crippen LogP contribution in [0.2, 0.25) is 5.02 Å². The van der Waals surface area contributed by atoms with Gasteiger partial charge in [-0.3, -0.25) is 0 Å². The first-order valence-corrected chi connectivity index (χ1v) is 7.97. The predicted molar refractivity (Wildman–Crippen MR) is 96.7 cm³/mol. The van der Waals surface area contributed by atoms with Gasteiger partial charge < -0.3 is 9.47 Å². The molecule has 0 atom stereocenters. The summed E-state index contributed by atoms with van der Waals surface area (Å²) in [6.07, 6.45) is -0.560. The number of hydrogen-bond donors (Lipinski definition) is 0. The van der Waals surface area contributed by atoms with Gasteiger partial charge in [-0.05, 0) is 30.3 Å². The second-order valence-corrected chi connectivity index (χ2v) is 5.47. The zero-order valence-corrected chi connectivity index (χ0v) is 14.2. The molecule has 0 N–H and O–H groups in total. The average Bonchev–Trinajstić information content (AvgIpc) is 2.63.